The minimum absolute atomic E-state index is 0.599. The number of fused-ring (bicyclic) bond motifs is 7. The summed E-state index contributed by atoms with van der Waals surface area (Å²) in [5.74, 6) is 0.599. The number of benzene rings is 8. The van der Waals surface area contributed by atoms with Gasteiger partial charge in [0.2, 0.25) is 5.89 Å². The van der Waals surface area contributed by atoms with Gasteiger partial charge < -0.3 is 13.6 Å². The highest BCUT2D eigenvalue weighted by Crippen LogP contribution is 2.39. The lowest BCUT2D eigenvalue weighted by atomic mass is 9.97. The minimum atomic E-state index is 0.599. The molecule has 8 aromatic carbocycles. The molecular weight excluding hydrogens is 647 g/mol. The van der Waals surface area contributed by atoms with E-state index in [1.54, 1.807) is 0 Å². The van der Waals surface area contributed by atoms with Crippen LogP contribution in [0.15, 0.2) is 192 Å². The van der Waals surface area contributed by atoms with E-state index in [1.165, 1.54) is 43.6 Å². The molecule has 0 radical (unpaired) electrons. The maximum Gasteiger partial charge on any atom is 0.227 e. The summed E-state index contributed by atoms with van der Waals surface area (Å²) in [4.78, 5) is 5.16. The number of para-hydroxylation sites is 4. The van der Waals surface area contributed by atoms with E-state index in [4.69, 9.17) is 9.40 Å². The highest BCUT2D eigenvalue weighted by atomic mass is 16.3. The van der Waals surface area contributed by atoms with E-state index in [2.05, 4.69) is 191 Å². The van der Waals surface area contributed by atoms with Gasteiger partial charge in [0.15, 0.2) is 5.58 Å². The van der Waals surface area contributed by atoms with Crippen LogP contribution in [0.2, 0.25) is 0 Å². The van der Waals surface area contributed by atoms with Crippen molar-refractivity contribution in [1.82, 2.24) is 14.1 Å². The van der Waals surface area contributed by atoms with Crippen LogP contribution in [-0.2, 0) is 0 Å². The Balaban J connectivity index is 1.03. The number of hydrogen-bond donors (Lipinski definition) is 0. The molecule has 248 valence electrons. The molecule has 0 bridgehead atoms. The highest BCUT2D eigenvalue weighted by molar-refractivity contribution is 6.10. The molecular formula is C49H31N3O. The van der Waals surface area contributed by atoms with Crippen molar-refractivity contribution in [2.75, 3.05) is 0 Å². The zero-order valence-electron chi connectivity index (χ0n) is 28.6. The van der Waals surface area contributed by atoms with Crippen LogP contribution in [0, 0.1) is 0 Å². The van der Waals surface area contributed by atoms with Crippen molar-refractivity contribution < 1.29 is 4.42 Å². The number of rotatable bonds is 5. The van der Waals surface area contributed by atoms with Gasteiger partial charge in [-0.25, -0.2) is 4.98 Å². The van der Waals surface area contributed by atoms with Crippen LogP contribution in [0.4, 0.5) is 0 Å². The zero-order valence-corrected chi connectivity index (χ0v) is 28.6. The molecule has 0 fully saturated rings. The summed E-state index contributed by atoms with van der Waals surface area (Å²) in [5, 5.41) is 5.00. The molecule has 3 aromatic heterocycles. The summed E-state index contributed by atoms with van der Waals surface area (Å²) < 4.78 is 11.3. The molecule has 0 saturated heterocycles. The molecule has 0 aliphatic heterocycles. The van der Waals surface area contributed by atoms with E-state index in [0.29, 0.717) is 5.89 Å². The standard InChI is InChI=1S/C49H31N3O/c1-2-12-32(13-3-1)35-30-42(33-22-26-36(27-23-33)51-43-18-8-4-14-38(43)39-15-5-9-19-44(39)51)48-47(31-35)53-49(50-48)34-24-28-37(29-25-34)52-45-20-10-6-16-40(45)41-17-7-11-21-46(41)52/h1-31H. The second-order valence-corrected chi connectivity index (χ2v) is 13.6. The Morgan fingerprint density at radius 2 is 0.792 bits per heavy atom. The van der Waals surface area contributed by atoms with E-state index in [0.717, 1.165) is 50.3 Å². The quantitative estimate of drug-likeness (QED) is 0.182. The van der Waals surface area contributed by atoms with Crippen molar-refractivity contribution in [2.45, 2.75) is 0 Å². The third-order valence-corrected chi connectivity index (χ3v) is 10.6. The first-order chi connectivity index (χ1) is 26.3. The topological polar surface area (TPSA) is 35.9 Å². The molecule has 0 aliphatic carbocycles. The van der Waals surface area contributed by atoms with Crippen LogP contribution in [0.5, 0.6) is 0 Å². The van der Waals surface area contributed by atoms with Crippen molar-refractivity contribution in [3.05, 3.63) is 188 Å². The molecule has 11 aromatic rings. The molecule has 0 atom stereocenters. The van der Waals surface area contributed by atoms with Crippen molar-refractivity contribution in [1.29, 1.82) is 0 Å². The molecule has 3 heterocycles. The fraction of sp³-hybridized carbons (Fsp3) is 0. The lowest BCUT2D eigenvalue weighted by Gasteiger charge is -2.11. The molecule has 11 rings (SSSR count). The Labute approximate surface area is 305 Å². The fourth-order valence-corrected chi connectivity index (χ4v) is 8.11. The van der Waals surface area contributed by atoms with Gasteiger partial charge in [-0.15, -0.1) is 0 Å². The summed E-state index contributed by atoms with van der Waals surface area (Å²) in [7, 11) is 0. The smallest absolute Gasteiger partial charge is 0.227 e. The van der Waals surface area contributed by atoms with Gasteiger partial charge >= 0.3 is 0 Å². The molecule has 4 nitrogen and oxygen atoms in total. The number of oxazole rings is 1. The monoisotopic (exact) mass is 677 g/mol. The molecule has 0 aliphatic rings. The molecule has 0 N–H and O–H groups in total. The van der Waals surface area contributed by atoms with Gasteiger partial charge in [-0.1, -0.05) is 115 Å². The molecule has 0 unspecified atom stereocenters. The average molecular weight is 678 g/mol. The predicted octanol–water partition coefficient (Wildman–Crippen LogP) is 13.0. The van der Waals surface area contributed by atoms with Gasteiger partial charge in [0.25, 0.3) is 0 Å². The summed E-state index contributed by atoms with van der Waals surface area (Å²) >= 11 is 0. The average Bonchev–Trinajstić information content (AvgIpc) is 3.92. The van der Waals surface area contributed by atoms with Gasteiger partial charge in [0.1, 0.15) is 5.52 Å². The molecule has 0 amide bonds. The van der Waals surface area contributed by atoms with E-state index in [1.807, 2.05) is 6.07 Å². The van der Waals surface area contributed by atoms with Crippen LogP contribution in [0.3, 0.4) is 0 Å². The third kappa shape index (κ3) is 4.66. The normalized spacial score (nSPS) is 11.8. The summed E-state index contributed by atoms with van der Waals surface area (Å²) in [6.45, 7) is 0. The summed E-state index contributed by atoms with van der Waals surface area (Å²) in [6, 6.07) is 66.6. The van der Waals surface area contributed by atoms with Gasteiger partial charge in [-0.3, -0.25) is 0 Å². The van der Waals surface area contributed by atoms with Gasteiger partial charge in [-0.2, -0.15) is 0 Å². The first kappa shape index (κ1) is 29.5. The maximum absolute atomic E-state index is 6.61. The molecule has 4 heteroatoms. The maximum atomic E-state index is 6.61. The van der Waals surface area contributed by atoms with Gasteiger partial charge in [0.05, 0.1) is 22.1 Å². The fourth-order valence-electron chi connectivity index (χ4n) is 8.11. The van der Waals surface area contributed by atoms with Crippen molar-refractivity contribution >= 4 is 54.7 Å². The van der Waals surface area contributed by atoms with Crippen LogP contribution >= 0.6 is 0 Å². The van der Waals surface area contributed by atoms with Crippen LogP contribution < -0.4 is 0 Å². The van der Waals surface area contributed by atoms with Crippen molar-refractivity contribution in [3.8, 4) is 45.1 Å². The van der Waals surface area contributed by atoms with Crippen LogP contribution in [0.1, 0.15) is 0 Å². The molecule has 0 saturated carbocycles. The predicted molar refractivity (Wildman–Crippen MR) is 219 cm³/mol. The Hall–Kier alpha value is -7.17. The van der Waals surface area contributed by atoms with E-state index < -0.39 is 0 Å². The first-order valence-electron chi connectivity index (χ1n) is 18.0. The second-order valence-electron chi connectivity index (χ2n) is 13.6. The zero-order chi connectivity index (χ0) is 34.9. The van der Waals surface area contributed by atoms with E-state index in [9.17, 15) is 0 Å². The summed E-state index contributed by atoms with van der Waals surface area (Å²) in [5.41, 5.74) is 13.8. The van der Waals surface area contributed by atoms with E-state index in [-0.39, 0.29) is 0 Å². The Kier molecular flexibility index (Phi) is 6.52. The van der Waals surface area contributed by atoms with Gasteiger partial charge in [0, 0.05) is 44.0 Å². The number of aromatic nitrogens is 3. The van der Waals surface area contributed by atoms with Gasteiger partial charge in [-0.05, 0) is 89.5 Å². The highest BCUT2D eigenvalue weighted by Gasteiger charge is 2.18. The first-order valence-corrected chi connectivity index (χ1v) is 18.0. The SMILES string of the molecule is c1ccc(-c2cc(-c3ccc(-n4c5ccccc5c5ccccc54)cc3)c3nc(-c4ccc(-n5c6ccccc6c6ccccc65)cc4)oc3c2)cc1. The molecule has 0 spiro atoms. The van der Waals surface area contributed by atoms with Crippen LogP contribution in [0.25, 0.3) is 99.8 Å². The Morgan fingerprint density at radius 3 is 1.28 bits per heavy atom. The van der Waals surface area contributed by atoms with Crippen molar-refractivity contribution in [2.24, 2.45) is 0 Å². The lowest BCUT2D eigenvalue weighted by molar-refractivity contribution is 0.620. The Bertz CT molecular complexity index is 3040. The Morgan fingerprint density at radius 1 is 0.358 bits per heavy atom. The minimum Gasteiger partial charge on any atom is -0.436 e. The molecule has 53 heavy (non-hydrogen) atoms. The second kappa shape index (κ2) is 11.7. The number of nitrogens with zero attached hydrogens (tertiary/aromatic N) is 3. The number of hydrogen-bond acceptors (Lipinski definition) is 2. The van der Waals surface area contributed by atoms with E-state index >= 15 is 0 Å². The summed E-state index contributed by atoms with van der Waals surface area (Å²) in [6.07, 6.45) is 0. The lowest BCUT2D eigenvalue weighted by Crippen LogP contribution is -1.94. The third-order valence-electron chi connectivity index (χ3n) is 10.6. The van der Waals surface area contributed by atoms with Crippen LogP contribution in [-0.4, -0.2) is 14.1 Å². The largest absolute Gasteiger partial charge is 0.436 e. The van der Waals surface area contributed by atoms with Crippen molar-refractivity contribution in [3.63, 3.8) is 0 Å².